The summed E-state index contributed by atoms with van der Waals surface area (Å²) in [6.45, 7) is 8.61. The van der Waals surface area contributed by atoms with E-state index in [0.717, 1.165) is 6.42 Å². The minimum Gasteiger partial charge on any atom is -0.444 e. The molecular weight excluding hydrogens is 389 g/mol. The Balaban J connectivity index is 1.57. The highest BCUT2D eigenvalue weighted by Gasteiger charge is 2.47. The van der Waals surface area contributed by atoms with Crippen molar-refractivity contribution in [3.8, 4) is 5.69 Å². The van der Waals surface area contributed by atoms with E-state index in [1.54, 1.807) is 28.9 Å². The molecule has 0 N–H and O–H groups in total. The van der Waals surface area contributed by atoms with E-state index >= 15 is 4.39 Å². The van der Waals surface area contributed by atoms with Crippen molar-refractivity contribution >= 4 is 12.0 Å². The molecule has 4 rings (SSSR count). The lowest BCUT2D eigenvalue weighted by atomic mass is 9.81. The van der Waals surface area contributed by atoms with Crippen LogP contribution in [0, 0.1) is 18.7 Å². The Kier molecular flexibility index (Phi) is 4.99. The van der Waals surface area contributed by atoms with E-state index in [0.29, 0.717) is 36.8 Å². The Hall–Kier alpha value is -2.97. The summed E-state index contributed by atoms with van der Waals surface area (Å²) in [6.07, 6.45) is 3.36. The molecule has 2 fully saturated rings. The zero-order chi connectivity index (χ0) is 21.6. The standard InChI is InChI=1S/C21H26FN5O3/c1-13-5-6-15(27-23-8-9-24-27)17(18(13)22)19(28)26-11-14-7-10-25(12-16(14)26)20(29)30-21(2,3)4/h5-6,8-9,14,16H,7,10-12H2,1-4H3/t14-,16-/m0/s1. The number of fused-ring (bicyclic) bond motifs is 1. The van der Waals surface area contributed by atoms with Crippen LogP contribution in [0.15, 0.2) is 24.5 Å². The Labute approximate surface area is 174 Å². The van der Waals surface area contributed by atoms with Crippen LogP contribution >= 0.6 is 0 Å². The molecule has 0 saturated carbocycles. The van der Waals surface area contributed by atoms with Crippen molar-refractivity contribution in [2.45, 2.75) is 45.8 Å². The first-order valence-electron chi connectivity index (χ1n) is 10.1. The van der Waals surface area contributed by atoms with Gasteiger partial charge in [0.2, 0.25) is 0 Å². The number of aromatic nitrogens is 3. The fraction of sp³-hybridized carbons (Fsp3) is 0.524. The van der Waals surface area contributed by atoms with Crippen LogP contribution in [0.5, 0.6) is 0 Å². The summed E-state index contributed by atoms with van der Waals surface area (Å²) in [4.78, 5) is 30.4. The van der Waals surface area contributed by atoms with Crippen LogP contribution in [0.3, 0.4) is 0 Å². The molecule has 160 valence electrons. The predicted octanol–water partition coefficient (Wildman–Crippen LogP) is 2.80. The number of carbonyl (C=O) groups excluding carboxylic acids is 2. The number of carbonyl (C=O) groups is 2. The lowest BCUT2D eigenvalue weighted by molar-refractivity contribution is -0.0387. The van der Waals surface area contributed by atoms with Crippen molar-refractivity contribution in [3.63, 3.8) is 0 Å². The molecule has 3 heterocycles. The summed E-state index contributed by atoms with van der Waals surface area (Å²) in [5.41, 5.74) is 0.0557. The van der Waals surface area contributed by atoms with Gasteiger partial charge in [-0.05, 0) is 45.7 Å². The Morgan fingerprint density at radius 1 is 1.17 bits per heavy atom. The van der Waals surface area contributed by atoms with E-state index in [-0.39, 0.29) is 17.7 Å². The number of nitrogens with zero attached hydrogens (tertiary/aromatic N) is 5. The number of hydrogen-bond donors (Lipinski definition) is 0. The molecule has 2 aliphatic rings. The number of halogens is 1. The third-order valence-electron chi connectivity index (χ3n) is 5.63. The maximum absolute atomic E-state index is 15.0. The molecule has 2 amide bonds. The Morgan fingerprint density at radius 2 is 1.87 bits per heavy atom. The highest BCUT2D eigenvalue weighted by atomic mass is 19.1. The smallest absolute Gasteiger partial charge is 0.410 e. The number of amides is 2. The second-order valence-electron chi connectivity index (χ2n) is 8.91. The number of piperidine rings is 1. The van der Waals surface area contributed by atoms with Gasteiger partial charge in [-0.25, -0.2) is 9.18 Å². The zero-order valence-corrected chi connectivity index (χ0v) is 17.6. The molecule has 0 aliphatic carbocycles. The van der Waals surface area contributed by atoms with Gasteiger partial charge in [-0.3, -0.25) is 4.79 Å². The van der Waals surface area contributed by atoms with Gasteiger partial charge in [-0.2, -0.15) is 15.0 Å². The third kappa shape index (κ3) is 3.64. The number of rotatable bonds is 2. The van der Waals surface area contributed by atoms with E-state index in [9.17, 15) is 9.59 Å². The molecule has 9 heteroatoms. The molecule has 0 unspecified atom stereocenters. The largest absolute Gasteiger partial charge is 0.444 e. The first kappa shape index (κ1) is 20.3. The number of aryl methyl sites for hydroxylation is 1. The summed E-state index contributed by atoms with van der Waals surface area (Å²) >= 11 is 0. The average molecular weight is 415 g/mol. The molecule has 2 aromatic rings. The topological polar surface area (TPSA) is 80.6 Å². The number of hydrogen-bond acceptors (Lipinski definition) is 5. The van der Waals surface area contributed by atoms with E-state index < -0.39 is 17.3 Å². The molecule has 1 aromatic heterocycles. The highest BCUT2D eigenvalue weighted by Crippen LogP contribution is 2.35. The number of ether oxygens (including phenoxy) is 1. The maximum atomic E-state index is 15.0. The quantitative estimate of drug-likeness (QED) is 0.754. The lowest BCUT2D eigenvalue weighted by Gasteiger charge is -2.53. The van der Waals surface area contributed by atoms with Crippen molar-refractivity contribution in [3.05, 3.63) is 41.5 Å². The lowest BCUT2D eigenvalue weighted by Crippen LogP contribution is -2.66. The van der Waals surface area contributed by atoms with Gasteiger partial charge in [-0.1, -0.05) is 6.07 Å². The molecular formula is C21H26FN5O3. The van der Waals surface area contributed by atoms with E-state index in [4.69, 9.17) is 4.74 Å². The van der Waals surface area contributed by atoms with Gasteiger partial charge in [0.25, 0.3) is 5.91 Å². The molecule has 0 radical (unpaired) electrons. The van der Waals surface area contributed by atoms with Crippen LogP contribution in [0.25, 0.3) is 5.69 Å². The number of likely N-dealkylation sites (tertiary alicyclic amines) is 2. The van der Waals surface area contributed by atoms with Gasteiger partial charge in [0.05, 0.1) is 18.4 Å². The summed E-state index contributed by atoms with van der Waals surface area (Å²) in [5.74, 6) is -0.680. The second-order valence-corrected chi connectivity index (χ2v) is 8.91. The van der Waals surface area contributed by atoms with Crippen molar-refractivity contribution < 1.29 is 18.7 Å². The van der Waals surface area contributed by atoms with Crippen LogP contribution in [0.4, 0.5) is 9.18 Å². The Bertz CT molecular complexity index is 970. The zero-order valence-electron chi connectivity index (χ0n) is 17.6. The first-order valence-corrected chi connectivity index (χ1v) is 10.1. The fourth-order valence-corrected chi connectivity index (χ4v) is 4.05. The van der Waals surface area contributed by atoms with E-state index in [2.05, 4.69) is 10.2 Å². The minimum atomic E-state index is -0.584. The average Bonchev–Trinajstić information content (AvgIpc) is 3.17. The fourth-order valence-electron chi connectivity index (χ4n) is 4.05. The maximum Gasteiger partial charge on any atom is 0.410 e. The molecule has 0 spiro atoms. The van der Waals surface area contributed by atoms with Gasteiger partial charge < -0.3 is 14.5 Å². The van der Waals surface area contributed by atoms with Crippen molar-refractivity contribution in [2.24, 2.45) is 5.92 Å². The predicted molar refractivity (Wildman–Crippen MR) is 107 cm³/mol. The van der Waals surface area contributed by atoms with Crippen LogP contribution in [-0.2, 0) is 4.74 Å². The van der Waals surface area contributed by atoms with Crippen molar-refractivity contribution in [1.29, 1.82) is 0 Å². The van der Waals surface area contributed by atoms with E-state index in [1.165, 1.54) is 17.2 Å². The molecule has 8 nitrogen and oxygen atoms in total. The van der Waals surface area contributed by atoms with Crippen LogP contribution in [-0.4, -0.2) is 68.1 Å². The minimum absolute atomic E-state index is 0.0426. The Morgan fingerprint density at radius 3 is 2.53 bits per heavy atom. The van der Waals surface area contributed by atoms with Gasteiger partial charge in [-0.15, -0.1) is 0 Å². The molecule has 1 aromatic carbocycles. The van der Waals surface area contributed by atoms with Crippen molar-refractivity contribution in [2.75, 3.05) is 19.6 Å². The summed E-state index contributed by atoms with van der Waals surface area (Å²) < 4.78 is 20.5. The van der Waals surface area contributed by atoms with Gasteiger partial charge >= 0.3 is 6.09 Å². The SMILES string of the molecule is Cc1ccc(-n2nccn2)c(C(=O)N2C[C@@H]3CCN(C(=O)OC(C)(C)C)C[C@@H]32)c1F. The highest BCUT2D eigenvalue weighted by molar-refractivity contribution is 5.99. The van der Waals surface area contributed by atoms with E-state index in [1.807, 2.05) is 20.8 Å². The van der Waals surface area contributed by atoms with Gasteiger partial charge in [0.15, 0.2) is 0 Å². The summed E-state index contributed by atoms with van der Waals surface area (Å²) in [7, 11) is 0. The second kappa shape index (κ2) is 7.37. The van der Waals surface area contributed by atoms with Gasteiger partial charge in [0, 0.05) is 25.6 Å². The number of benzene rings is 1. The summed E-state index contributed by atoms with van der Waals surface area (Å²) in [5, 5.41) is 8.11. The molecule has 0 bridgehead atoms. The monoisotopic (exact) mass is 415 g/mol. The molecule has 2 saturated heterocycles. The van der Waals surface area contributed by atoms with Crippen LogP contribution in [0.2, 0.25) is 0 Å². The van der Waals surface area contributed by atoms with Gasteiger partial charge in [0.1, 0.15) is 22.7 Å². The normalized spacial score (nSPS) is 21.1. The van der Waals surface area contributed by atoms with Crippen LogP contribution in [0.1, 0.15) is 43.1 Å². The first-order chi connectivity index (χ1) is 14.2. The molecule has 30 heavy (non-hydrogen) atoms. The van der Waals surface area contributed by atoms with Crippen LogP contribution < -0.4 is 0 Å². The molecule has 2 atom stereocenters. The summed E-state index contributed by atoms with van der Waals surface area (Å²) in [6, 6.07) is 3.10. The van der Waals surface area contributed by atoms with Crippen molar-refractivity contribution in [1.82, 2.24) is 24.8 Å². The molecule has 2 aliphatic heterocycles. The third-order valence-corrected chi connectivity index (χ3v) is 5.63.